The highest BCUT2D eigenvalue weighted by atomic mass is 35.5. The number of benzene rings is 1. The molecule has 1 aliphatic rings. The van der Waals surface area contributed by atoms with Crippen LogP contribution in [-0.4, -0.2) is 51.9 Å². The standard InChI is InChI=1S/C18H22ClFN4O/c1-12-4-5-14(20)16(17(12)19)18(25)24-7-3-6-23(8-9-24)11-15-21-10-13(2)22-15/h4-5,10H,3,6-9,11H2,1-2H3,(H,21,22). The number of imidazole rings is 1. The molecule has 2 aromatic rings. The van der Waals surface area contributed by atoms with Crippen molar-refractivity contribution in [2.24, 2.45) is 0 Å². The normalized spacial score (nSPS) is 16.1. The molecule has 0 spiro atoms. The highest BCUT2D eigenvalue weighted by Crippen LogP contribution is 2.25. The fraction of sp³-hybridized carbons (Fsp3) is 0.444. The Hall–Kier alpha value is -1.92. The third-order valence-corrected chi connectivity index (χ3v) is 4.99. The zero-order valence-corrected chi connectivity index (χ0v) is 15.2. The van der Waals surface area contributed by atoms with Gasteiger partial charge in [-0.15, -0.1) is 0 Å². The van der Waals surface area contributed by atoms with Crippen LogP contribution in [0, 0.1) is 19.7 Å². The topological polar surface area (TPSA) is 52.2 Å². The van der Waals surface area contributed by atoms with E-state index in [1.54, 1.807) is 17.9 Å². The van der Waals surface area contributed by atoms with E-state index in [0.29, 0.717) is 18.7 Å². The molecule has 134 valence electrons. The van der Waals surface area contributed by atoms with Crippen LogP contribution in [0.1, 0.15) is 33.9 Å². The third-order valence-electron chi connectivity index (χ3n) is 4.50. The van der Waals surface area contributed by atoms with Gasteiger partial charge in [0.25, 0.3) is 5.91 Å². The number of carbonyl (C=O) groups is 1. The summed E-state index contributed by atoms with van der Waals surface area (Å²) < 4.78 is 14.1. The minimum atomic E-state index is -0.562. The molecular formula is C18H22ClFN4O. The van der Waals surface area contributed by atoms with Crippen LogP contribution in [0.5, 0.6) is 0 Å². The molecule has 0 unspecified atom stereocenters. The number of aryl methyl sites for hydroxylation is 2. The van der Waals surface area contributed by atoms with Gasteiger partial charge >= 0.3 is 0 Å². The van der Waals surface area contributed by atoms with Gasteiger partial charge in [0.05, 0.1) is 17.1 Å². The van der Waals surface area contributed by atoms with Gasteiger partial charge in [0.2, 0.25) is 0 Å². The van der Waals surface area contributed by atoms with Crippen molar-refractivity contribution in [3.63, 3.8) is 0 Å². The van der Waals surface area contributed by atoms with E-state index in [-0.39, 0.29) is 16.5 Å². The highest BCUT2D eigenvalue weighted by Gasteiger charge is 2.25. The van der Waals surface area contributed by atoms with Crippen molar-refractivity contribution >= 4 is 17.5 Å². The summed E-state index contributed by atoms with van der Waals surface area (Å²) in [5, 5.41) is 0.206. The fourth-order valence-electron chi connectivity index (χ4n) is 3.10. The lowest BCUT2D eigenvalue weighted by Gasteiger charge is -2.22. The van der Waals surface area contributed by atoms with Crippen LogP contribution >= 0.6 is 11.6 Å². The lowest BCUT2D eigenvalue weighted by atomic mass is 10.1. The summed E-state index contributed by atoms with van der Waals surface area (Å²) in [6.07, 6.45) is 2.64. The Morgan fingerprint density at radius 1 is 1.28 bits per heavy atom. The van der Waals surface area contributed by atoms with E-state index in [9.17, 15) is 9.18 Å². The second-order valence-electron chi connectivity index (χ2n) is 6.49. The molecule has 7 heteroatoms. The van der Waals surface area contributed by atoms with Gasteiger partial charge in [-0.25, -0.2) is 9.37 Å². The summed E-state index contributed by atoms with van der Waals surface area (Å²) in [6.45, 7) is 7.19. The number of hydrogen-bond donors (Lipinski definition) is 1. The van der Waals surface area contributed by atoms with Crippen molar-refractivity contribution in [1.29, 1.82) is 0 Å². The molecule has 0 radical (unpaired) electrons. The average molecular weight is 365 g/mol. The SMILES string of the molecule is Cc1cnc(CN2CCCN(C(=O)c3c(F)ccc(C)c3Cl)CC2)[nH]1. The van der Waals surface area contributed by atoms with Crippen LogP contribution in [-0.2, 0) is 6.54 Å². The Bertz CT molecular complexity index is 776. The number of aromatic nitrogens is 2. The van der Waals surface area contributed by atoms with E-state index in [1.807, 2.05) is 13.1 Å². The van der Waals surface area contributed by atoms with Gasteiger partial charge in [-0.1, -0.05) is 17.7 Å². The van der Waals surface area contributed by atoms with Gasteiger partial charge < -0.3 is 9.88 Å². The summed E-state index contributed by atoms with van der Waals surface area (Å²) in [7, 11) is 0. The number of amides is 1. The van der Waals surface area contributed by atoms with E-state index >= 15 is 0 Å². The van der Waals surface area contributed by atoms with E-state index in [4.69, 9.17) is 11.6 Å². The summed E-state index contributed by atoms with van der Waals surface area (Å²) in [5.41, 5.74) is 1.72. The molecule has 1 N–H and O–H groups in total. The molecule has 2 heterocycles. The van der Waals surface area contributed by atoms with Crippen molar-refractivity contribution in [3.8, 4) is 0 Å². The van der Waals surface area contributed by atoms with Crippen molar-refractivity contribution in [1.82, 2.24) is 19.8 Å². The van der Waals surface area contributed by atoms with Crippen molar-refractivity contribution in [3.05, 3.63) is 51.8 Å². The first-order valence-electron chi connectivity index (χ1n) is 8.42. The first-order valence-corrected chi connectivity index (χ1v) is 8.80. The number of rotatable bonds is 3. The van der Waals surface area contributed by atoms with Crippen LogP contribution in [0.2, 0.25) is 5.02 Å². The molecule has 0 bridgehead atoms. The van der Waals surface area contributed by atoms with E-state index < -0.39 is 5.82 Å². The first-order chi connectivity index (χ1) is 12.0. The molecule has 1 amide bonds. The zero-order valence-electron chi connectivity index (χ0n) is 14.5. The fourth-order valence-corrected chi connectivity index (χ4v) is 3.34. The Morgan fingerprint density at radius 2 is 2.08 bits per heavy atom. The molecule has 25 heavy (non-hydrogen) atoms. The maximum absolute atomic E-state index is 14.1. The molecular weight excluding hydrogens is 343 g/mol. The van der Waals surface area contributed by atoms with E-state index in [0.717, 1.165) is 37.6 Å². The molecule has 1 aromatic carbocycles. The molecule has 0 aliphatic carbocycles. The number of hydrogen-bond acceptors (Lipinski definition) is 3. The summed E-state index contributed by atoms with van der Waals surface area (Å²) in [5.74, 6) is 0.0275. The molecule has 1 saturated heterocycles. The minimum Gasteiger partial charge on any atom is -0.345 e. The van der Waals surface area contributed by atoms with Crippen molar-refractivity contribution in [2.45, 2.75) is 26.8 Å². The molecule has 0 atom stereocenters. The Balaban J connectivity index is 1.69. The number of aromatic amines is 1. The van der Waals surface area contributed by atoms with E-state index in [1.165, 1.54) is 6.07 Å². The smallest absolute Gasteiger partial charge is 0.258 e. The van der Waals surface area contributed by atoms with Gasteiger partial charge in [-0.05, 0) is 31.9 Å². The largest absolute Gasteiger partial charge is 0.345 e. The summed E-state index contributed by atoms with van der Waals surface area (Å²) >= 11 is 6.18. The maximum Gasteiger partial charge on any atom is 0.258 e. The highest BCUT2D eigenvalue weighted by molar-refractivity contribution is 6.34. The molecule has 1 fully saturated rings. The van der Waals surface area contributed by atoms with Gasteiger partial charge in [-0.2, -0.15) is 0 Å². The minimum absolute atomic E-state index is 0.0169. The number of nitrogens with one attached hydrogen (secondary N) is 1. The zero-order chi connectivity index (χ0) is 18.0. The van der Waals surface area contributed by atoms with Crippen LogP contribution in [0.15, 0.2) is 18.3 Å². The van der Waals surface area contributed by atoms with Crippen LogP contribution < -0.4 is 0 Å². The molecule has 0 saturated carbocycles. The van der Waals surface area contributed by atoms with Crippen LogP contribution in [0.3, 0.4) is 0 Å². The Kier molecular flexibility index (Phi) is 5.39. The molecule has 5 nitrogen and oxygen atoms in total. The van der Waals surface area contributed by atoms with Crippen molar-refractivity contribution < 1.29 is 9.18 Å². The van der Waals surface area contributed by atoms with Crippen LogP contribution in [0.25, 0.3) is 0 Å². The average Bonchev–Trinajstić information content (AvgIpc) is 2.84. The number of nitrogens with zero attached hydrogens (tertiary/aromatic N) is 3. The first kappa shape index (κ1) is 17.9. The van der Waals surface area contributed by atoms with Gasteiger partial charge in [0, 0.05) is 38.1 Å². The number of halogens is 2. The van der Waals surface area contributed by atoms with Gasteiger partial charge in [0.15, 0.2) is 0 Å². The number of H-pyrrole nitrogens is 1. The monoisotopic (exact) mass is 364 g/mol. The molecule has 1 aliphatic heterocycles. The Labute approximate surface area is 151 Å². The second kappa shape index (κ2) is 7.54. The summed E-state index contributed by atoms with van der Waals surface area (Å²) in [4.78, 5) is 24.3. The molecule has 1 aromatic heterocycles. The third kappa shape index (κ3) is 4.02. The lowest BCUT2D eigenvalue weighted by Crippen LogP contribution is -2.35. The predicted molar refractivity (Wildman–Crippen MR) is 95.3 cm³/mol. The number of carbonyl (C=O) groups excluding carboxylic acids is 1. The quantitative estimate of drug-likeness (QED) is 0.910. The maximum atomic E-state index is 14.1. The van der Waals surface area contributed by atoms with Crippen LogP contribution in [0.4, 0.5) is 4.39 Å². The van der Waals surface area contributed by atoms with Crippen molar-refractivity contribution in [2.75, 3.05) is 26.2 Å². The molecule has 3 rings (SSSR count). The van der Waals surface area contributed by atoms with Gasteiger partial charge in [0.1, 0.15) is 11.6 Å². The lowest BCUT2D eigenvalue weighted by molar-refractivity contribution is 0.0756. The Morgan fingerprint density at radius 3 is 2.80 bits per heavy atom. The summed E-state index contributed by atoms with van der Waals surface area (Å²) in [6, 6.07) is 2.89. The van der Waals surface area contributed by atoms with Gasteiger partial charge in [-0.3, -0.25) is 9.69 Å². The predicted octanol–water partition coefficient (Wildman–Crippen LogP) is 3.17. The second-order valence-corrected chi connectivity index (χ2v) is 6.87. The van der Waals surface area contributed by atoms with E-state index in [2.05, 4.69) is 14.9 Å².